The second-order valence-corrected chi connectivity index (χ2v) is 39.1. The molecule has 8 N–H and O–H groups in total. The van der Waals surface area contributed by atoms with Crippen LogP contribution in [-0.2, 0) is 79.4 Å². The molecule has 18 nitrogen and oxygen atoms in total. The number of H-pyrrole nitrogens is 1. The number of nitrogens with zero attached hydrogens (tertiary/aromatic N) is 1. The van der Waals surface area contributed by atoms with E-state index in [1.807, 2.05) is 32.9 Å². The average molecular weight is 1990 g/mol. The van der Waals surface area contributed by atoms with E-state index >= 15 is 0 Å². The van der Waals surface area contributed by atoms with Crippen LogP contribution in [-0.4, -0.2) is 60.8 Å². The molecule has 0 saturated carbocycles. The number of phenolic OH excluding ortho intramolecular Hbond substituents is 4. The van der Waals surface area contributed by atoms with Gasteiger partial charge in [-0.2, -0.15) is 0 Å². The van der Waals surface area contributed by atoms with E-state index in [2.05, 4.69) is 78.7 Å². The minimum absolute atomic E-state index is 0.0120. The van der Waals surface area contributed by atoms with Crippen molar-refractivity contribution in [1.82, 2.24) is 4.98 Å². The van der Waals surface area contributed by atoms with E-state index in [1.165, 1.54) is 36.0 Å². The number of aromatic nitrogens is 1. The summed E-state index contributed by atoms with van der Waals surface area (Å²) in [6.07, 6.45) is 1.22. The van der Waals surface area contributed by atoms with Crippen LogP contribution in [0.2, 0.25) is 0 Å². The Balaban J connectivity index is 0.000000690. The smallest absolute Gasteiger partial charge is 0.341 e. The highest BCUT2D eigenvalue weighted by molar-refractivity contribution is 9.11. The molecule has 0 aliphatic rings. The van der Waals surface area contributed by atoms with E-state index < -0.39 is 264 Å². The monoisotopic (exact) mass is 1990 g/mol. The van der Waals surface area contributed by atoms with Crippen molar-refractivity contribution in [2.24, 2.45) is 0 Å². The Hall–Kier alpha value is -9.31. The van der Waals surface area contributed by atoms with Gasteiger partial charge in [0.1, 0.15) is 44.5 Å². The van der Waals surface area contributed by atoms with E-state index in [9.17, 15) is 44.3 Å². The van der Waals surface area contributed by atoms with Gasteiger partial charge in [-0.15, -0.1) is 0 Å². The molecule has 21 heteroatoms. The van der Waals surface area contributed by atoms with Gasteiger partial charge in [-0.3, -0.25) is 29.3 Å². The van der Waals surface area contributed by atoms with Gasteiger partial charge in [0.25, 0.3) is 7.12 Å². The topological polar surface area (TPSA) is 299 Å². The van der Waals surface area contributed by atoms with Gasteiger partial charge in [0.15, 0.2) is 5.75 Å². The van der Waals surface area contributed by atoms with Gasteiger partial charge in [0.05, 0.1) is 18.0 Å². The SMILES string of the molecule is CC(C)(C)c1ccc(O)cc1.O=C(O)c1c[nH]c2ccccc2c1=O.[2H]C([2H])([2H])C(c1cc(C(C)(C)C)c(N)cc1OC(C)=O)(C([2H])([2H])[2H])C([2H])([2H])[2H].[2H]C([2H])([2H])C(c1cc(C(C)(C)C)c([N+](=O)[O-])c(Br)c1OC(C)=O)(C([2H])([2H])[2H])C([2H])([2H])[2H].[2H]C([2H])([2H])C(c1cc(C(C)(C)C)cc(Br)c1O)(C([2H])([2H])[2H])C([2H])([2H])[2H].[2H]C([2H])([2H])C(c1cc(C(C)(C)C)cc(Br)c1OC(C)=O)(C([2H])([2H])[2H])C([2H])([2H])[2H].[2H]Oc1c([2H])cc(C(C)(C)C)cc1[2H].[2H]c1cc(C(C)(C)C)cc(C(C([2H])([2H])[2H])(C([2H])([2H])[2H])C([2H])([2H])[2H])c1O. The Kier molecular flexibility index (Phi) is 19.7. The predicted octanol–water partition coefficient (Wildman–Crippen LogP) is 29.0. The molecule has 0 fully saturated rings. The number of pyridine rings is 1. The summed E-state index contributed by atoms with van der Waals surface area (Å²) in [5.74, 6) is -7.06. The number of hydrogen-bond donors (Lipinski definition) is 7. The van der Waals surface area contributed by atoms with Crippen LogP contribution < -0.4 is 25.4 Å². The third-order valence-electron chi connectivity index (χ3n) is 17.9. The zero-order valence-corrected chi connectivity index (χ0v) is 80.2. The number of rotatable bonds is 6. The van der Waals surface area contributed by atoms with Crippen LogP contribution in [0.1, 0.15) is 412 Å². The van der Waals surface area contributed by atoms with Gasteiger partial charge in [-0.05, 0) is 218 Å². The lowest BCUT2D eigenvalue weighted by atomic mass is 9.79. The molecule has 698 valence electrons. The molecule has 0 spiro atoms. The molecule has 9 aromatic rings. The molecular weight excluding hydrogens is 1790 g/mol. The lowest BCUT2D eigenvalue weighted by Gasteiger charge is -2.28. The zero-order chi connectivity index (χ0) is 140. The van der Waals surface area contributed by atoms with Crippen molar-refractivity contribution in [1.29, 1.82) is 1.43 Å². The fraction of sp³-hybridized carbons (Fsp3) is 0.481. The molecule has 0 unspecified atom stereocenters. The van der Waals surface area contributed by atoms with Gasteiger partial charge in [0, 0.05) is 139 Å². The molecule has 1 aromatic heterocycles. The number of esters is 3. The third kappa shape index (κ3) is 35.6. The molecule has 0 radical (unpaired) electrons. The van der Waals surface area contributed by atoms with Crippen molar-refractivity contribution in [2.75, 3.05) is 5.73 Å². The molecule has 9 rings (SSSR count). The third-order valence-corrected chi connectivity index (χ3v) is 19.8. The quantitative estimate of drug-likeness (QED) is 0.0268. The molecule has 0 bridgehead atoms. The van der Waals surface area contributed by atoms with Crippen molar-refractivity contribution in [3.63, 3.8) is 0 Å². The molecule has 0 aliphatic heterocycles. The second kappa shape index (κ2) is 43.9. The summed E-state index contributed by atoms with van der Waals surface area (Å²) in [5, 5.41) is 54.8. The molecule has 0 saturated heterocycles. The van der Waals surface area contributed by atoms with Crippen molar-refractivity contribution in [3.8, 4) is 40.2 Å². The lowest BCUT2D eigenvalue weighted by molar-refractivity contribution is -0.386. The lowest BCUT2D eigenvalue weighted by Crippen LogP contribution is -2.21. The molecule has 0 atom stereocenters. The van der Waals surface area contributed by atoms with Crippen LogP contribution in [0.3, 0.4) is 0 Å². The average Bonchev–Trinajstić information content (AvgIpc) is 0.626. The number of carbonyl (C=O) groups is 4. The number of benzene rings is 8. The van der Waals surface area contributed by atoms with E-state index in [0.29, 0.717) is 38.9 Å². The highest BCUT2D eigenvalue weighted by atomic mass is 79.9. The van der Waals surface area contributed by atoms with Crippen LogP contribution in [0, 0.1) is 10.1 Å². The number of nitro groups is 1. The number of anilines is 1. The normalized spacial score (nSPS) is 19.3. The van der Waals surface area contributed by atoms with E-state index in [-0.39, 0.29) is 54.4 Å². The Bertz CT molecular complexity index is 7090. The number of aromatic carboxylic acids is 1. The molecule has 127 heavy (non-hydrogen) atoms. The summed E-state index contributed by atoms with van der Waals surface area (Å²) in [7, 11) is 0. The fourth-order valence-corrected chi connectivity index (χ4v) is 12.5. The zero-order valence-electron chi connectivity index (χ0n) is 124. The summed E-state index contributed by atoms with van der Waals surface area (Å²) < 4.78 is 397. The number of aromatic amines is 1. The summed E-state index contributed by atoms with van der Waals surface area (Å²) in [4.78, 5) is 70.8. The van der Waals surface area contributed by atoms with Gasteiger partial charge < -0.3 is 50.5 Å². The summed E-state index contributed by atoms with van der Waals surface area (Å²) in [5.41, 5.74) is -14.3. The number of para-hydroxylation sites is 1. The molecule has 1 heterocycles. The van der Waals surface area contributed by atoms with Crippen molar-refractivity contribution in [3.05, 3.63) is 246 Å². The number of nitro benzene ring substituents is 1. The van der Waals surface area contributed by atoms with Crippen molar-refractivity contribution >= 4 is 93.9 Å². The number of carbonyl (C=O) groups excluding carboxylic acids is 3. The first kappa shape index (κ1) is 57.0. The predicted molar refractivity (Wildman–Crippen MR) is 536 cm³/mol. The van der Waals surface area contributed by atoms with E-state index in [0.717, 1.165) is 50.6 Å². The number of nitrogens with two attached hydrogens (primary N) is 1. The highest BCUT2D eigenvalue weighted by Crippen LogP contribution is 2.49. The maximum atomic E-state index is 11.8. The number of carboxylic acid groups (broad SMARTS) is 1. The minimum atomic E-state index is -3.65. The first-order chi connectivity index (χ1) is 77.5. The maximum absolute atomic E-state index is 11.8. The van der Waals surface area contributed by atoms with Crippen LogP contribution in [0.4, 0.5) is 11.4 Å². The number of nitrogens with one attached hydrogen (secondary N) is 1. The van der Waals surface area contributed by atoms with Gasteiger partial charge in [-0.1, -0.05) is 309 Å². The number of fused-ring (bicyclic) bond motifs is 1. The number of ether oxygens (including phenoxy) is 3. The standard InChI is InChI=1S/C16H22BrNO4.C16H23BrO2.C16H25NO2.C14H21BrO.C14H22O.C10H7NO3.2C10H14O/c1-9(19)22-14-11(16(5,6)7)8-10(15(2,3)4)13(12(14)17)18(20)21;1-10(18)19-14-12(16(5,6)7)8-11(9-13(14)17)15(2,3)4;1-10(18)19-14-9-13(17)11(15(2,3)4)8-12(14)16(5,6)7;1-13(2,3)9-7-10(14(4,5)6)12(16)11(15)8-9;1-13(2,3)10-7-8-12(15)11(9-10)14(4,5)6;12-9-6-3-1-2-4-8(6)11-5-7(9)10(13)14;2*1-10(2,3)8-4-6-9(11)7-5-8/h8H,1-7H3;8-9H,1-7H3;8-9H,17H2,1-7H3;7-8,16H,1-6H3;7-9,15H,1-6H3;1-5H,(H,11,12)(H,13,14);2*4-7,11H,1-3H3/i3*5D3,6D3,7D3;4D3,5D3,6D3;4D3,5D3,6D3,8D;;6D,7D;/hD. The number of phenols is 4. The second-order valence-electron chi connectivity index (χ2n) is 36.6. The first-order valence-electron chi connectivity index (χ1n) is 63.0. The van der Waals surface area contributed by atoms with E-state index in [1.54, 1.807) is 158 Å². The number of carboxylic acids is 1. The van der Waals surface area contributed by atoms with E-state index in [4.69, 9.17) is 97.4 Å². The number of halogens is 3. The van der Waals surface area contributed by atoms with Gasteiger partial charge in [-0.25, -0.2) is 4.79 Å². The summed E-state index contributed by atoms with van der Waals surface area (Å²) in [6.45, 7) is -11.1. The molecule has 0 aliphatic carbocycles. The maximum Gasteiger partial charge on any atom is 0.341 e. The largest absolute Gasteiger partial charge is 0.508 e. The van der Waals surface area contributed by atoms with Gasteiger partial charge in [0.2, 0.25) is 5.43 Å². The Labute approximate surface area is 852 Å². The van der Waals surface area contributed by atoms with Crippen molar-refractivity contribution < 1.29 is 130 Å². The minimum Gasteiger partial charge on any atom is -0.508 e. The van der Waals surface area contributed by atoms with Crippen molar-refractivity contribution in [2.45, 2.75) is 334 Å². The van der Waals surface area contributed by atoms with Crippen LogP contribution in [0.25, 0.3) is 10.9 Å². The Morgan fingerprint density at radius 1 is 0.433 bits per heavy atom. The molecule has 8 aromatic carbocycles. The van der Waals surface area contributed by atoms with Crippen LogP contribution in [0.5, 0.6) is 40.2 Å². The highest BCUT2D eigenvalue weighted by Gasteiger charge is 2.37. The first-order valence-corrected chi connectivity index (χ1v) is 41.0. The Morgan fingerprint density at radius 2 is 0.819 bits per heavy atom. The van der Waals surface area contributed by atoms with Crippen LogP contribution in [0.15, 0.2) is 158 Å². The fourth-order valence-electron chi connectivity index (χ4n) is 10.8. The summed E-state index contributed by atoms with van der Waals surface area (Å²) in [6, 6.07) is 28.0. The van der Waals surface area contributed by atoms with Gasteiger partial charge >= 0.3 is 23.9 Å². The number of hydrogen-bond acceptors (Lipinski definition) is 15. The number of nitrogen functional groups attached to an aromatic ring is 1. The Morgan fingerprint density at radius 3 is 1.24 bits per heavy atom. The molecular formula is C106H148Br3N3O15. The number of aromatic hydroxyl groups is 4. The molecule has 0 amide bonds. The summed E-state index contributed by atoms with van der Waals surface area (Å²) >= 11 is 9.19. The van der Waals surface area contributed by atoms with Crippen LogP contribution >= 0.6 is 47.8 Å².